The van der Waals surface area contributed by atoms with Gasteiger partial charge in [-0.1, -0.05) is 19.8 Å². The van der Waals surface area contributed by atoms with Gasteiger partial charge in [-0.25, -0.2) is 0 Å². The van der Waals surface area contributed by atoms with Crippen molar-refractivity contribution in [1.82, 2.24) is 0 Å². The number of alkyl halides is 2. The van der Waals surface area contributed by atoms with Crippen LogP contribution in [0.3, 0.4) is 0 Å². The third-order valence-electron chi connectivity index (χ3n) is 2.76. The fourth-order valence-electron chi connectivity index (χ4n) is 1.71. The molecule has 0 aliphatic carbocycles. The van der Waals surface area contributed by atoms with Gasteiger partial charge in [-0.3, -0.25) is 0 Å². The van der Waals surface area contributed by atoms with Crippen LogP contribution in [0.5, 0.6) is 11.5 Å². The Kier molecular flexibility index (Phi) is 7.29. The number of ether oxygens (including phenoxy) is 2. The predicted molar refractivity (Wildman–Crippen MR) is 77.1 cm³/mol. The summed E-state index contributed by atoms with van der Waals surface area (Å²) >= 11 is 11.8. The van der Waals surface area contributed by atoms with Crippen molar-refractivity contribution in [3.8, 4) is 11.5 Å². The minimum absolute atomic E-state index is 0.400. The van der Waals surface area contributed by atoms with Crippen LogP contribution in [0.25, 0.3) is 0 Å². The Balaban J connectivity index is 2.81. The van der Waals surface area contributed by atoms with E-state index in [4.69, 9.17) is 32.7 Å². The Bertz CT molecular complexity index is 367. The lowest BCUT2D eigenvalue weighted by molar-refractivity contribution is 0.303. The molecular formula is C14H20Cl2O2. The smallest absolute Gasteiger partial charge is 0.124 e. The van der Waals surface area contributed by atoms with Gasteiger partial charge in [0.2, 0.25) is 0 Å². The van der Waals surface area contributed by atoms with Crippen LogP contribution in [0.2, 0.25) is 0 Å². The molecule has 0 saturated heterocycles. The zero-order chi connectivity index (χ0) is 13.4. The molecule has 0 atom stereocenters. The first kappa shape index (κ1) is 15.5. The maximum Gasteiger partial charge on any atom is 0.124 e. The number of rotatable bonds is 8. The van der Waals surface area contributed by atoms with Crippen LogP contribution in [-0.4, -0.2) is 13.7 Å². The molecule has 0 unspecified atom stereocenters. The third-order valence-corrected chi connectivity index (χ3v) is 3.33. The lowest BCUT2D eigenvalue weighted by atomic mass is 10.1. The van der Waals surface area contributed by atoms with Gasteiger partial charge in [-0.2, -0.15) is 0 Å². The Hall–Kier alpha value is -0.600. The van der Waals surface area contributed by atoms with E-state index in [0.717, 1.165) is 29.0 Å². The van der Waals surface area contributed by atoms with E-state index < -0.39 is 0 Å². The van der Waals surface area contributed by atoms with Crippen molar-refractivity contribution in [2.24, 2.45) is 0 Å². The lowest BCUT2D eigenvalue weighted by Crippen LogP contribution is -2.01. The average molecular weight is 291 g/mol. The average Bonchev–Trinajstić information content (AvgIpc) is 2.42. The molecule has 0 aliphatic heterocycles. The summed E-state index contributed by atoms with van der Waals surface area (Å²) in [4.78, 5) is 0. The molecule has 102 valence electrons. The van der Waals surface area contributed by atoms with Gasteiger partial charge in [-0.15, -0.1) is 23.2 Å². The molecule has 4 heteroatoms. The topological polar surface area (TPSA) is 18.5 Å². The van der Waals surface area contributed by atoms with E-state index in [9.17, 15) is 0 Å². The first-order chi connectivity index (χ1) is 8.76. The highest BCUT2D eigenvalue weighted by Crippen LogP contribution is 2.31. The Morgan fingerprint density at radius 3 is 2.17 bits per heavy atom. The van der Waals surface area contributed by atoms with Gasteiger partial charge in [-0.05, 0) is 18.6 Å². The summed E-state index contributed by atoms with van der Waals surface area (Å²) in [5.74, 6) is 2.39. The van der Waals surface area contributed by atoms with Gasteiger partial charge < -0.3 is 9.47 Å². The van der Waals surface area contributed by atoms with E-state index in [1.165, 1.54) is 12.8 Å². The summed E-state index contributed by atoms with van der Waals surface area (Å²) in [5.41, 5.74) is 1.87. The maximum absolute atomic E-state index is 5.93. The summed E-state index contributed by atoms with van der Waals surface area (Å²) in [5, 5.41) is 0. The van der Waals surface area contributed by atoms with Gasteiger partial charge in [0.25, 0.3) is 0 Å². The molecular weight excluding hydrogens is 271 g/mol. The van der Waals surface area contributed by atoms with Crippen molar-refractivity contribution >= 4 is 23.2 Å². The second-order valence-electron chi connectivity index (χ2n) is 4.09. The zero-order valence-electron chi connectivity index (χ0n) is 11.0. The minimum Gasteiger partial charge on any atom is -0.496 e. The lowest BCUT2D eigenvalue weighted by Gasteiger charge is -2.14. The number of unbranched alkanes of at least 4 members (excludes halogenated alkanes) is 2. The molecule has 0 bridgehead atoms. The molecule has 0 spiro atoms. The highest BCUT2D eigenvalue weighted by molar-refractivity contribution is 6.18. The van der Waals surface area contributed by atoms with Crippen molar-refractivity contribution < 1.29 is 9.47 Å². The number of benzene rings is 1. The summed E-state index contributed by atoms with van der Waals surface area (Å²) in [7, 11) is 1.63. The molecule has 0 amide bonds. The standard InChI is InChI=1S/C14H20Cl2O2/c1-3-4-5-6-18-14-8-11(9-15)13(17-2)7-12(14)10-16/h7-8H,3-6,9-10H2,1-2H3. The molecule has 0 fully saturated rings. The van der Waals surface area contributed by atoms with Crippen LogP contribution in [0.1, 0.15) is 37.3 Å². The minimum atomic E-state index is 0.400. The number of methoxy groups -OCH3 is 1. The van der Waals surface area contributed by atoms with Crippen LogP contribution < -0.4 is 9.47 Å². The van der Waals surface area contributed by atoms with Crippen molar-refractivity contribution in [3.05, 3.63) is 23.3 Å². The van der Waals surface area contributed by atoms with Crippen LogP contribution in [-0.2, 0) is 11.8 Å². The van der Waals surface area contributed by atoms with Gasteiger partial charge in [0.1, 0.15) is 11.5 Å². The SMILES string of the molecule is CCCCCOc1cc(CCl)c(OC)cc1CCl. The van der Waals surface area contributed by atoms with E-state index in [2.05, 4.69) is 6.92 Å². The van der Waals surface area contributed by atoms with Crippen LogP contribution >= 0.6 is 23.2 Å². The summed E-state index contributed by atoms with van der Waals surface area (Å²) in [6.07, 6.45) is 3.41. The second kappa shape index (κ2) is 8.49. The van der Waals surface area contributed by atoms with Crippen molar-refractivity contribution in [3.63, 3.8) is 0 Å². The molecule has 1 aromatic rings. The quantitative estimate of drug-likeness (QED) is 0.508. The molecule has 18 heavy (non-hydrogen) atoms. The van der Waals surface area contributed by atoms with Gasteiger partial charge in [0, 0.05) is 11.1 Å². The Morgan fingerprint density at radius 1 is 1.00 bits per heavy atom. The van der Waals surface area contributed by atoms with Crippen molar-refractivity contribution in [2.45, 2.75) is 37.9 Å². The fourth-order valence-corrected chi connectivity index (χ4v) is 2.13. The van der Waals surface area contributed by atoms with Gasteiger partial charge >= 0.3 is 0 Å². The largest absolute Gasteiger partial charge is 0.496 e. The first-order valence-corrected chi connectivity index (χ1v) is 7.28. The third kappa shape index (κ3) is 4.25. The zero-order valence-corrected chi connectivity index (χ0v) is 12.5. The monoisotopic (exact) mass is 290 g/mol. The van der Waals surface area contributed by atoms with Gasteiger partial charge in [0.05, 0.1) is 25.5 Å². The molecule has 0 saturated carbocycles. The van der Waals surface area contributed by atoms with E-state index in [1.54, 1.807) is 7.11 Å². The second-order valence-corrected chi connectivity index (χ2v) is 4.63. The molecule has 0 aliphatic rings. The van der Waals surface area contributed by atoms with E-state index in [0.29, 0.717) is 18.4 Å². The number of hydrogen-bond acceptors (Lipinski definition) is 2. The molecule has 2 nitrogen and oxygen atoms in total. The van der Waals surface area contributed by atoms with E-state index >= 15 is 0 Å². The maximum atomic E-state index is 5.93. The molecule has 1 aromatic carbocycles. The molecule has 0 N–H and O–H groups in total. The van der Waals surface area contributed by atoms with Crippen LogP contribution in [0.4, 0.5) is 0 Å². The highest BCUT2D eigenvalue weighted by Gasteiger charge is 2.10. The van der Waals surface area contributed by atoms with E-state index in [1.807, 2.05) is 12.1 Å². The van der Waals surface area contributed by atoms with E-state index in [-0.39, 0.29) is 0 Å². The first-order valence-electron chi connectivity index (χ1n) is 6.21. The number of hydrogen-bond donors (Lipinski definition) is 0. The summed E-state index contributed by atoms with van der Waals surface area (Å²) in [6.45, 7) is 2.88. The predicted octanol–water partition coefficient (Wildman–Crippen LogP) is 4.74. The van der Waals surface area contributed by atoms with Gasteiger partial charge in [0.15, 0.2) is 0 Å². The van der Waals surface area contributed by atoms with Crippen molar-refractivity contribution in [1.29, 1.82) is 0 Å². The molecule has 0 radical (unpaired) electrons. The van der Waals surface area contributed by atoms with Crippen LogP contribution in [0, 0.1) is 0 Å². The molecule has 1 rings (SSSR count). The Labute approximate surface area is 119 Å². The highest BCUT2D eigenvalue weighted by atomic mass is 35.5. The molecule has 0 heterocycles. The normalized spacial score (nSPS) is 10.4. The van der Waals surface area contributed by atoms with Crippen LogP contribution in [0.15, 0.2) is 12.1 Å². The summed E-state index contributed by atoms with van der Waals surface area (Å²) < 4.78 is 11.1. The number of halogens is 2. The fraction of sp³-hybridized carbons (Fsp3) is 0.571. The summed E-state index contributed by atoms with van der Waals surface area (Å²) in [6, 6.07) is 3.83. The van der Waals surface area contributed by atoms with Crippen molar-refractivity contribution in [2.75, 3.05) is 13.7 Å². The molecule has 0 aromatic heterocycles. The Morgan fingerprint density at radius 2 is 1.61 bits per heavy atom.